The van der Waals surface area contributed by atoms with Crippen molar-refractivity contribution in [1.82, 2.24) is 0 Å². The van der Waals surface area contributed by atoms with E-state index in [1.807, 2.05) is 11.4 Å². The molecule has 0 radical (unpaired) electrons. The van der Waals surface area contributed by atoms with Gasteiger partial charge in [-0.2, -0.15) is 0 Å². The monoisotopic (exact) mass is 377 g/mol. The Labute approximate surface area is 156 Å². The maximum absolute atomic E-state index is 12.4. The Kier molecular flexibility index (Phi) is 5.02. The van der Waals surface area contributed by atoms with E-state index in [1.54, 1.807) is 6.07 Å². The highest BCUT2D eigenvalue weighted by molar-refractivity contribution is 7.17. The fourth-order valence-electron chi connectivity index (χ4n) is 3.30. The maximum Gasteiger partial charge on any atom is 0.341 e. The number of nitrogens with one attached hydrogen (secondary N) is 1. The summed E-state index contributed by atoms with van der Waals surface area (Å²) in [5.74, 6) is 0.0318. The molecule has 0 saturated carbocycles. The number of fused-ring (bicyclic) bond motifs is 1. The summed E-state index contributed by atoms with van der Waals surface area (Å²) in [6.07, 6.45) is 2.85. The van der Waals surface area contributed by atoms with Crippen LogP contribution in [0.3, 0.4) is 0 Å². The Morgan fingerprint density at radius 3 is 2.68 bits per heavy atom. The molecule has 1 aliphatic carbocycles. The number of carbonyl (C=O) groups is 2. The van der Waals surface area contributed by atoms with E-state index in [1.165, 1.54) is 34.7 Å². The normalized spacial score (nSPS) is 17.0. The minimum absolute atomic E-state index is 0.175. The summed E-state index contributed by atoms with van der Waals surface area (Å²) >= 11 is 2.91. The molecular formula is C19H23NO3S2. The van der Waals surface area contributed by atoms with E-state index in [4.69, 9.17) is 4.74 Å². The fraction of sp³-hybridized carbons (Fsp3) is 0.474. The van der Waals surface area contributed by atoms with Gasteiger partial charge < -0.3 is 10.1 Å². The third-order valence-corrected chi connectivity index (χ3v) is 6.89. The third-order valence-electron chi connectivity index (χ3n) is 4.85. The first-order valence-electron chi connectivity index (χ1n) is 8.39. The van der Waals surface area contributed by atoms with Gasteiger partial charge in [-0.1, -0.05) is 26.8 Å². The quantitative estimate of drug-likeness (QED) is 0.766. The number of amides is 1. The lowest BCUT2D eigenvalue weighted by Crippen LogP contribution is -2.26. The van der Waals surface area contributed by atoms with Crippen LogP contribution in [0.2, 0.25) is 0 Å². The first kappa shape index (κ1) is 18.1. The molecule has 1 amide bonds. The molecule has 0 spiro atoms. The SMILES string of the molecule is COC(=O)c1c(NC(=O)c2cccs2)sc2c1CC[C@@H](C(C)(C)C)C2. The van der Waals surface area contributed by atoms with Crippen LogP contribution in [0.1, 0.15) is 57.7 Å². The molecular weight excluding hydrogens is 354 g/mol. The molecule has 2 aromatic rings. The largest absolute Gasteiger partial charge is 0.465 e. The second-order valence-corrected chi connectivity index (χ2v) is 9.49. The average molecular weight is 378 g/mol. The first-order valence-corrected chi connectivity index (χ1v) is 10.1. The molecule has 0 aliphatic heterocycles. The molecule has 1 atom stereocenters. The Bertz CT molecular complexity index is 784. The molecule has 1 aliphatic rings. The lowest BCUT2D eigenvalue weighted by molar-refractivity contribution is 0.0600. The van der Waals surface area contributed by atoms with Crippen LogP contribution in [0.5, 0.6) is 0 Å². The number of anilines is 1. The van der Waals surface area contributed by atoms with Crippen LogP contribution in [-0.2, 0) is 17.6 Å². The van der Waals surface area contributed by atoms with Crippen LogP contribution in [0, 0.1) is 11.3 Å². The molecule has 0 bridgehead atoms. The zero-order chi connectivity index (χ0) is 18.2. The number of hydrogen-bond acceptors (Lipinski definition) is 5. The van der Waals surface area contributed by atoms with E-state index in [-0.39, 0.29) is 17.3 Å². The number of thiophene rings is 2. The molecule has 0 aromatic carbocycles. The van der Waals surface area contributed by atoms with Gasteiger partial charge in [-0.25, -0.2) is 4.79 Å². The molecule has 0 saturated heterocycles. The zero-order valence-electron chi connectivity index (χ0n) is 15.0. The van der Waals surface area contributed by atoms with Gasteiger partial charge in [0.15, 0.2) is 0 Å². The van der Waals surface area contributed by atoms with Gasteiger partial charge in [0.2, 0.25) is 0 Å². The van der Waals surface area contributed by atoms with Crippen LogP contribution < -0.4 is 5.32 Å². The Hall–Kier alpha value is -1.66. The van der Waals surface area contributed by atoms with E-state index in [9.17, 15) is 9.59 Å². The summed E-state index contributed by atoms with van der Waals surface area (Å²) < 4.78 is 4.99. The van der Waals surface area contributed by atoms with Gasteiger partial charge in [0.25, 0.3) is 5.91 Å². The molecule has 4 nitrogen and oxygen atoms in total. The lowest BCUT2D eigenvalue weighted by Gasteiger charge is -2.33. The predicted molar refractivity (Wildman–Crippen MR) is 103 cm³/mol. The lowest BCUT2D eigenvalue weighted by atomic mass is 9.72. The third kappa shape index (κ3) is 3.65. The molecule has 0 unspecified atom stereocenters. The molecule has 2 heterocycles. The van der Waals surface area contributed by atoms with Crippen molar-refractivity contribution in [3.8, 4) is 0 Å². The highest BCUT2D eigenvalue weighted by atomic mass is 32.1. The van der Waals surface area contributed by atoms with Crippen LogP contribution in [0.4, 0.5) is 5.00 Å². The van der Waals surface area contributed by atoms with Crippen LogP contribution in [-0.4, -0.2) is 19.0 Å². The summed E-state index contributed by atoms with van der Waals surface area (Å²) in [5.41, 5.74) is 1.83. The van der Waals surface area contributed by atoms with Crippen molar-refractivity contribution in [2.24, 2.45) is 11.3 Å². The van der Waals surface area contributed by atoms with Crippen molar-refractivity contribution in [3.63, 3.8) is 0 Å². The second-order valence-electron chi connectivity index (χ2n) is 7.44. The minimum atomic E-state index is -0.367. The van der Waals surface area contributed by atoms with Crippen molar-refractivity contribution < 1.29 is 14.3 Å². The zero-order valence-corrected chi connectivity index (χ0v) is 16.6. The molecule has 3 rings (SSSR count). The van der Waals surface area contributed by atoms with Crippen molar-refractivity contribution in [3.05, 3.63) is 38.4 Å². The molecule has 2 aromatic heterocycles. The number of rotatable bonds is 3. The minimum Gasteiger partial charge on any atom is -0.465 e. The highest BCUT2D eigenvalue weighted by Gasteiger charge is 2.34. The van der Waals surface area contributed by atoms with E-state index in [0.29, 0.717) is 21.4 Å². The summed E-state index contributed by atoms with van der Waals surface area (Å²) in [7, 11) is 1.39. The van der Waals surface area contributed by atoms with Crippen molar-refractivity contribution in [2.45, 2.75) is 40.0 Å². The number of carbonyl (C=O) groups excluding carboxylic acids is 2. The Morgan fingerprint density at radius 2 is 2.08 bits per heavy atom. The number of hydrogen-bond donors (Lipinski definition) is 1. The fourth-order valence-corrected chi connectivity index (χ4v) is 5.23. The Morgan fingerprint density at radius 1 is 1.32 bits per heavy atom. The predicted octanol–water partition coefficient (Wildman–Crippen LogP) is 5.00. The van der Waals surface area contributed by atoms with Gasteiger partial charge >= 0.3 is 5.97 Å². The van der Waals surface area contributed by atoms with Gasteiger partial charge in [-0.05, 0) is 47.6 Å². The highest BCUT2D eigenvalue weighted by Crippen LogP contribution is 2.44. The molecule has 25 heavy (non-hydrogen) atoms. The van der Waals surface area contributed by atoms with Crippen molar-refractivity contribution in [2.75, 3.05) is 12.4 Å². The first-order chi connectivity index (χ1) is 11.8. The standard InChI is InChI=1S/C19H23NO3S2/c1-19(2,3)11-7-8-12-14(10-11)25-17(15(12)18(22)23-4)20-16(21)13-6-5-9-24-13/h5-6,9,11H,7-8,10H2,1-4H3,(H,20,21)/t11-/m1/s1. The second kappa shape index (κ2) is 6.92. The van der Waals surface area contributed by atoms with Crippen molar-refractivity contribution in [1.29, 1.82) is 0 Å². The van der Waals surface area contributed by atoms with E-state index >= 15 is 0 Å². The molecule has 0 fully saturated rings. The summed E-state index contributed by atoms with van der Waals surface area (Å²) in [6, 6.07) is 3.62. The topological polar surface area (TPSA) is 55.4 Å². The number of esters is 1. The van der Waals surface area contributed by atoms with Gasteiger partial charge in [-0.15, -0.1) is 22.7 Å². The maximum atomic E-state index is 12.4. The molecule has 6 heteroatoms. The van der Waals surface area contributed by atoms with E-state index in [2.05, 4.69) is 26.1 Å². The van der Waals surface area contributed by atoms with Crippen molar-refractivity contribution >= 4 is 39.6 Å². The Balaban J connectivity index is 1.94. The van der Waals surface area contributed by atoms with Crippen LogP contribution >= 0.6 is 22.7 Å². The van der Waals surface area contributed by atoms with E-state index in [0.717, 1.165) is 24.8 Å². The number of ether oxygens (including phenoxy) is 1. The smallest absolute Gasteiger partial charge is 0.341 e. The van der Waals surface area contributed by atoms with Gasteiger partial charge in [-0.3, -0.25) is 4.79 Å². The van der Waals surface area contributed by atoms with Crippen LogP contribution in [0.25, 0.3) is 0 Å². The van der Waals surface area contributed by atoms with Gasteiger partial charge in [0, 0.05) is 4.88 Å². The molecule has 1 N–H and O–H groups in total. The number of methoxy groups -OCH3 is 1. The molecule has 134 valence electrons. The van der Waals surface area contributed by atoms with Gasteiger partial charge in [0.05, 0.1) is 17.6 Å². The summed E-state index contributed by atoms with van der Waals surface area (Å²) in [5, 5.41) is 5.41. The van der Waals surface area contributed by atoms with Gasteiger partial charge in [0.1, 0.15) is 5.00 Å². The van der Waals surface area contributed by atoms with E-state index < -0.39 is 0 Å². The average Bonchev–Trinajstić information content (AvgIpc) is 3.20. The van der Waals surface area contributed by atoms with Crippen LogP contribution in [0.15, 0.2) is 17.5 Å². The summed E-state index contributed by atoms with van der Waals surface area (Å²) in [4.78, 5) is 26.6. The summed E-state index contributed by atoms with van der Waals surface area (Å²) in [6.45, 7) is 6.78.